The topological polar surface area (TPSA) is 107 Å². The molecule has 0 aromatic heterocycles. The van der Waals surface area contributed by atoms with E-state index >= 15 is 0 Å². The molecule has 2 aliphatic heterocycles. The second kappa shape index (κ2) is 8.91. The van der Waals surface area contributed by atoms with E-state index in [-0.39, 0.29) is 39.8 Å². The molecule has 11 heteroatoms. The lowest BCUT2D eigenvalue weighted by Crippen LogP contribution is -2.52. The summed E-state index contributed by atoms with van der Waals surface area (Å²) in [7, 11) is -4.14. The van der Waals surface area contributed by atoms with Crippen molar-refractivity contribution in [1.82, 2.24) is 14.5 Å². The minimum Gasteiger partial charge on any atom is -0.396 e. The summed E-state index contributed by atoms with van der Waals surface area (Å²) in [6.07, 6.45) is 3.68. The molecular formula is C18H21Cl2N3O5S. The Morgan fingerprint density at radius 3 is 2.72 bits per heavy atom. The standard InChI is InChI=1S/C18H21Cl2N3O5S/c19-14-4-3-13(8-15(14)20)29(27,28)23-7-5-21-18(26)16(23)9-17(25)22-6-1-2-12(10-22)11-24/h3-5,7-8,12,16,24H,1-2,6,9-11H2,(H,21,26)/t12-,16-/m1/s1. The van der Waals surface area contributed by atoms with Crippen molar-refractivity contribution in [3.63, 3.8) is 0 Å². The Balaban J connectivity index is 1.84. The monoisotopic (exact) mass is 461 g/mol. The van der Waals surface area contributed by atoms with Crippen LogP contribution in [0.1, 0.15) is 19.3 Å². The van der Waals surface area contributed by atoms with Crippen molar-refractivity contribution >= 4 is 45.0 Å². The fraction of sp³-hybridized carbons (Fsp3) is 0.444. The summed E-state index contributed by atoms with van der Waals surface area (Å²) in [4.78, 5) is 26.6. The van der Waals surface area contributed by atoms with E-state index in [1.807, 2.05) is 0 Å². The number of hydrogen-bond donors (Lipinski definition) is 2. The molecule has 0 bridgehead atoms. The molecule has 1 fully saturated rings. The molecule has 0 unspecified atom stereocenters. The van der Waals surface area contributed by atoms with Gasteiger partial charge in [0, 0.05) is 32.1 Å². The third-order valence-corrected chi connectivity index (χ3v) is 7.54. The summed E-state index contributed by atoms with van der Waals surface area (Å²) >= 11 is 11.8. The zero-order chi connectivity index (χ0) is 21.2. The zero-order valence-electron chi connectivity index (χ0n) is 15.4. The fourth-order valence-corrected chi connectivity index (χ4v) is 5.27. The van der Waals surface area contributed by atoms with Gasteiger partial charge in [-0.3, -0.25) is 13.9 Å². The largest absolute Gasteiger partial charge is 0.396 e. The van der Waals surface area contributed by atoms with Gasteiger partial charge >= 0.3 is 0 Å². The van der Waals surface area contributed by atoms with Gasteiger partial charge in [0.05, 0.1) is 21.4 Å². The Labute approximate surface area is 179 Å². The Kier molecular flexibility index (Phi) is 6.72. The number of benzene rings is 1. The first kappa shape index (κ1) is 21.9. The molecule has 1 aromatic rings. The molecule has 158 valence electrons. The smallest absolute Gasteiger partial charge is 0.264 e. The lowest BCUT2D eigenvalue weighted by Gasteiger charge is -2.35. The number of amides is 2. The van der Waals surface area contributed by atoms with Crippen LogP contribution in [0, 0.1) is 5.92 Å². The van der Waals surface area contributed by atoms with Crippen LogP contribution in [0.5, 0.6) is 0 Å². The predicted octanol–water partition coefficient (Wildman–Crippen LogP) is 1.57. The molecule has 0 spiro atoms. The van der Waals surface area contributed by atoms with E-state index < -0.39 is 22.0 Å². The molecule has 1 saturated heterocycles. The normalized spacial score (nSPS) is 22.5. The Morgan fingerprint density at radius 1 is 1.28 bits per heavy atom. The maximum Gasteiger partial charge on any atom is 0.264 e. The molecule has 3 rings (SSSR count). The van der Waals surface area contributed by atoms with Gasteiger partial charge in [-0.15, -0.1) is 0 Å². The van der Waals surface area contributed by atoms with Crippen molar-refractivity contribution in [3.8, 4) is 0 Å². The number of rotatable bonds is 5. The first-order valence-electron chi connectivity index (χ1n) is 9.08. The van der Waals surface area contributed by atoms with Gasteiger partial charge in [-0.05, 0) is 37.0 Å². The Bertz CT molecular complexity index is 937. The van der Waals surface area contributed by atoms with Crippen molar-refractivity contribution in [2.75, 3.05) is 19.7 Å². The number of aliphatic hydroxyl groups is 1. The highest BCUT2D eigenvalue weighted by atomic mass is 35.5. The lowest BCUT2D eigenvalue weighted by molar-refractivity contribution is -0.137. The quantitative estimate of drug-likeness (QED) is 0.691. The summed E-state index contributed by atoms with van der Waals surface area (Å²) in [6.45, 7) is 0.881. The summed E-state index contributed by atoms with van der Waals surface area (Å²) in [6, 6.07) is 2.61. The summed E-state index contributed by atoms with van der Waals surface area (Å²) in [5, 5.41) is 12.1. The van der Waals surface area contributed by atoms with Crippen LogP contribution in [-0.4, -0.2) is 60.3 Å². The number of nitrogens with one attached hydrogen (secondary N) is 1. The van der Waals surface area contributed by atoms with Crippen LogP contribution < -0.4 is 5.32 Å². The third kappa shape index (κ3) is 4.69. The zero-order valence-corrected chi connectivity index (χ0v) is 17.8. The minimum atomic E-state index is -4.14. The van der Waals surface area contributed by atoms with Crippen molar-refractivity contribution in [3.05, 3.63) is 40.6 Å². The number of likely N-dealkylation sites (tertiary alicyclic amines) is 1. The highest BCUT2D eigenvalue weighted by Gasteiger charge is 2.38. The van der Waals surface area contributed by atoms with E-state index in [0.29, 0.717) is 13.1 Å². The maximum absolute atomic E-state index is 13.1. The number of sulfonamides is 1. The van der Waals surface area contributed by atoms with Crippen LogP contribution in [0.2, 0.25) is 10.0 Å². The number of halogens is 2. The molecule has 2 atom stereocenters. The first-order chi connectivity index (χ1) is 13.7. The number of aliphatic hydroxyl groups excluding tert-OH is 1. The van der Waals surface area contributed by atoms with Crippen LogP contribution in [-0.2, 0) is 19.6 Å². The van der Waals surface area contributed by atoms with Gasteiger partial charge in [-0.2, -0.15) is 0 Å². The number of carbonyl (C=O) groups is 2. The highest BCUT2D eigenvalue weighted by molar-refractivity contribution is 7.89. The van der Waals surface area contributed by atoms with Gasteiger partial charge in [-0.25, -0.2) is 8.42 Å². The maximum atomic E-state index is 13.1. The van der Waals surface area contributed by atoms with Crippen molar-refractivity contribution in [2.24, 2.45) is 5.92 Å². The van der Waals surface area contributed by atoms with Gasteiger partial charge in [0.2, 0.25) is 11.8 Å². The van der Waals surface area contributed by atoms with E-state index in [1.165, 1.54) is 30.6 Å². The molecular weight excluding hydrogens is 441 g/mol. The number of carbonyl (C=O) groups excluding carboxylic acids is 2. The predicted molar refractivity (Wildman–Crippen MR) is 108 cm³/mol. The van der Waals surface area contributed by atoms with Crippen LogP contribution in [0.15, 0.2) is 35.5 Å². The van der Waals surface area contributed by atoms with E-state index in [1.54, 1.807) is 4.90 Å². The van der Waals surface area contributed by atoms with Gasteiger partial charge in [0.25, 0.3) is 10.0 Å². The van der Waals surface area contributed by atoms with E-state index in [2.05, 4.69) is 5.32 Å². The molecule has 2 heterocycles. The van der Waals surface area contributed by atoms with Crippen LogP contribution in [0.3, 0.4) is 0 Å². The van der Waals surface area contributed by atoms with Crippen LogP contribution >= 0.6 is 23.2 Å². The number of piperidine rings is 1. The molecule has 0 saturated carbocycles. The van der Waals surface area contributed by atoms with Crippen LogP contribution in [0.4, 0.5) is 0 Å². The summed E-state index contributed by atoms with van der Waals surface area (Å²) in [5.74, 6) is -0.947. The minimum absolute atomic E-state index is 0.0103. The van der Waals surface area contributed by atoms with Gasteiger partial charge in [-0.1, -0.05) is 23.2 Å². The Morgan fingerprint density at radius 2 is 2.03 bits per heavy atom. The number of hydrogen-bond acceptors (Lipinski definition) is 5. The SMILES string of the molecule is O=C1NC=CN(S(=O)(=O)c2ccc(Cl)c(Cl)c2)[C@@H]1CC(=O)N1CCC[C@@H](CO)C1. The molecule has 0 radical (unpaired) electrons. The molecule has 29 heavy (non-hydrogen) atoms. The second-order valence-corrected chi connectivity index (χ2v) is 9.64. The summed E-state index contributed by atoms with van der Waals surface area (Å²) in [5.41, 5.74) is 0. The molecule has 8 nitrogen and oxygen atoms in total. The van der Waals surface area contributed by atoms with E-state index in [9.17, 15) is 23.1 Å². The van der Waals surface area contributed by atoms with Gasteiger partial charge in [0.1, 0.15) is 6.04 Å². The second-order valence-electron chi connectivity index (χ2n) is 6.99. The van der Waals surface area contributed by atoms with Gasteiger partial charge in [0.15, 0.2) is 0 Å². The molecule has 2 N–H and O–H groups in total. The Hall–Kier alpha value is -1.81. The average molecular weight is 462 g/mol. The molecule has 1 aromatic carbocycles. The van der Waals surface area contributed by atoms with Gasteiger partial charge < -0.3 is 15.3 Å². The van der Waals surface area contributed by atoms with Crippen molar-refractivity contribution in [2.45, 2.75) is 30.2 Å². The molecule has 2 aliphatic rings. The molecule has 0 aliphatic carbocycles. The number of nitrogens with zero attached hydrogens (tertiary/aromatic N) is 2. The fourth-order valence-electron chi connectivity index (χ4n) is 3.43. The van der Waals surface area contributed by atoms with E-state index in [4.69, 9.17) is 23.2 Å². The van der Waals surface area contributed by atoms with Crippen molar-refractivity contribution < 1.29 is 23.1 Å². The lowest BCUT2D eigenvalue weighted by atomic mass is 9.98. The highest BCUT2D eigenvalue weighted by Crippen LogP contribution is 2.29. The first-order valence-corrected chi connectivity index (χ1v) is 11.3. The van der Waals surface area contributed by atoms with E-state index in [0.717, 1.165) is 17.1 Å². The average Bonchev–Trinajstić information content (AvgIpc) is 2.71. The van der Waals surface area contributed by atoms with Crippen LogP contribution in [0.25, 0.3) is 0 Å². The molecule has 2 amide bonds. The third-order valence-electron chi connectivity index (χ3n) is 5.02. The van der Waals surface area contributed by atoms with Crippen molar-refractivity contribution in [1.29, 1.82) is 0 Å². The summed E-state index contributed by atoms with van der Waals surface area (Å²) < 4.78 is 27.1.